The van der Waals surface area contributed by atoms with Gasteiger partial charge < -0.3 is 5.32 Å². The van der Waals surface area contributed by atoms with E-state index in [1.165, 1.54) is 0 Å². The molecule has 0 spiro atoms. The minimum atomic E-state index is -0.382. The minimum absolute atomic E-state index is 0.197. The third-order valence-corrected chi connectivity index (χ3v) is 3.51. The first-order chi connectivity index (χ1) is 7.50. The number of halogens is 2. The lowest BCUT2D eigenvalue weighted by Gasteiger charge is -2.26. The number of pyridine rings is 1. The van der Waals surface area contributed by atoms with Crippen LogP contribution < -0.4 is 5.32 Å². The van der Waals surface area contributed by atoms with Crippen LogP contribution in [0.5, 0.6) is 0 Å². The fourth-order valence-corrected chi connectivity index (χ4v) is 1.55. The van der Waals surface area contributed by atoms with Crippen molar-refractivity contribution in [2.45, 2.75) is 25.8 Å². The molecule has 1 atom stereocenters. The topological polar surface area (TPSA) is 42.0 Å². The van der Waals surface area contributed by atoms with Gasteiger partial charge in [-0.15, -0.1) is 11.6 Å². The first kappa shape index (κ1) is 13.5. The summed E-state index contributed by atoms with van der Waals surface area (Å²) in [5.74, 6) is 0.184. The van der Waals surface area contributed by atoms with Crippen molar-refractivity contribution in [2.75, 3.05) is 5.88 Å². The van der Waals surface area contributed by atoms with Crippen LogP contribution in [0.1, 0.15) is 30.8 Å². The summed E-state index contributed by atoms with van der Waals surface area (Å²) in [7, 11) is 0. The van der Waals surface area contributed by atoms with Crippen LogP contribution in [0, 0.1) is 0 Å². The molecule has 0 saturated carbocycles. The summed E-state index contributed by atoms with van der Waals surface area (Å²) in [4.78, 5) is 15.9. The molecule has 88 valence electrons. The van der Waals surface area contributed by atoms with Crippen LogP contribution in [0.4, 0.5) is 0 Å². The molecule has 0 aromatic carbocycles. The van der Waals surface area contributed by atoms with Crippen LogP contribution in [-0.4, -0.2) is 22.3 Å². The number of nitrogens with one attached hydrogen (secondary N) is 1. The van der Waals surface area contributed by atoms with Gasteiger partial charge in [0.1, 0.15) is 5.69 Å². The number of aromatic nitrogens is 1. The Morgan fingerprint density at radius 2 is 2.31 bits per heavy atom. The molecule has 0 aliphatic carbocycles. The molecule has 0 saturated heterocycles. The Morgan fingerprint density at radius 3 is 2.75 bits per heavy atom. The Labute approximate surface area is 109 Å². The minimum Gasteiger partial charge on any atom is -0.344 e. The molecule has 1 aromatic heterocycles. The third kappa shape index (κ3) is 3.46. The van der Waals surface area contributed by atoms with E-state index in [2.05, 4.69) is 26.2 Å². The number of hydrogen-bond donors (Lipinski definition) is 1. The monoisotopic (exact) mass is 304 g/mol. The van der Waals surface area contributed by atoms with Crippen LogP contribution in [0.2, 0.25) is 0 Å². The van der Waals surface area contributed by atoms with Crippen molar-refractivity contribution in [3.63, 3.8) is 0 Å². The fourth-order valence-electron chi connectivity index (χ4n) is 1.06. The molecular formula is C11H14BrClN2O. The molecule has 0 aliphatic rings. The SMILES string of the molecule is CCC(C)(CCl)NC(=O)c1ccc(Br)cn1. The molecule has 0 bridgehead atoms. The number of hydrogen-bond acceptors (Lipinski definition) is 2. The van der Waals surface area contributed by atoms with Gasteiger partial charge in [0.15, 0.2) is 0 Å². The highest BCUT2D eigenvalue weighted by Crippen LogP contribution is 2.13. The van der Waals surface area contributed by atoms with Crippen LogP contribution in [-0.2, 0) is 0 Å². The molecule has 1 aromatic rings. The Balaban J connectivity index is 2.76. The highest BCUT2D eigenvalue weighted by Gasteiger charge is 2.24. The maximum Gasteiger partial charge on any atom is 0.270 e. The quantitative estimate of drug-likeness (QED) is 0.869. The highest BCUT2D eigenvalue weighted by atomic mass is 79.9. The van der Waals surface area contributed by atoms with Gasteiger partial charge in [0.25, 0.3) is 5.91 Å². The van der Waals surface area contributed by atoms with E-state index in [0.29, 0.717) is 11.6 Å². The maximum atomic E-state index is 11.8. The van der Waals surface area contributed by atoms with Crippen molar-refractivity contribution in [1.82, 2.24) is 10.3 Å². The molecule has 1 unspecified atom stereocenters. The van der Waals surface area contributed by atoms with E-state index in [-0.39, 0.29) is 11.4 Å². The molecular weight excluding hydrogens is 291 g/mol. The van der Waals surface area contributed by atoms with Crippen LogP contribution in [0.15, 0.2) is 22.8 Å². The summed E-state index contributed by atoms with van der Waals surface area (Å²) < 4.78 is 0.847. The Kier molecular flexibility index (Phi) is 4.74. The van der Waals surface area contributed by atoms with Crippen molar-refractivity contribution in [2.24, 2.45) is 0 Å². The summed E-state index contributed by atoms with van der Waals surface area (Å²) in [6.45, 7) is 3.90. The summed E-state index contributed by atoms with van der Waals surface area (Å²) in [5.41, 5.74) is 0.0147. The molecule has 0 aliphatic heterocycles. The second kappa shape index (κ2) is 5.64. The number of amides is 1. The molecule has 5 heteroatoms. The number of nitrogens with zero attached hydrogens (tertiary/aromatic N) is 1. The normalized spacial score (nSPS) is 14.2. The first-order valence-electron chi connectivity index (χ1n) is 5.01. The van der Waals surface area contributed by atoms with Crippen molar-refractivity contribution in [1.29, 1.82) is 0 Å². The van der Waals surface area contributed by atoms with Crippen molar-refractivity contribution >= 4 is 33.4 Å². The van der Waals surface area contributed by atoms with E-state index >= 15 is 0 Å². The molecule has 1 amide bonds. The molecule has 0 radical (unpaired) electrons. The van der Waals surface area contributed by atoms with Crippen LogP contribution >= 0.6 is 27.5 Å². The van der Waals surface area contributed by atoms with Gasteiger partial charge in [-0.2, -0.15) is 0 Å². The molecule has 1 heterocycles. The van der Waals surface area contributed by atoms with Crippen molar-refractivity contribution in [3.05, 3.63) is 28.5 Å². The van der Waals surface area contributed by atoms with Crippen molar-refractivity contribution in [3.8, 4) is 0 Å². The lowest BCUT2D eigenvalue weighted by atomic mass is 10.0. The van der Waals surface area contributed by atoms with Crippen molar-refractivity contribution < 1.29 is 4.79 Å². The number of alkyl halides is 1. The largest absolute Gasteiger partial charge is 0.344 e. The van der Waals surface area contributed by atoms with Gasteiger partial charge in [0.05, 0.1) is 5.54 Å². The maximum absolute atomic E-state index is 11.8. The first-order valence-corrected chi connectivity index (χ1v) is 6.33. The van der Waals surface area contributed by atoms with Gasteiger partial charge in [-0.1, -0.05) is 6.92 Å². The predicted octanol–water partition coefficient (Wildman–Crippen LogP) is 2.98. The van der Waals surface area contributed by atoms with E-state index in [9.17, 15) is 4.79 Å². The lowest BCUT2D eigenvalue weighted by Crippen LogP contribution is -2.47. The van der Waals surface area contributed by atoms with E-state index in [4.69, 9.17) is 11.6 Å². The number of carbonyl (C=O) groups excluding carboxylic acids is 1. The van der Waals surface area contributed by atoms with Gasteiger partial charge in [0, 0.05) is 16.5 Å². The van der Waals surface area contributed by atoms with Gasteiger partial charge in [-0.05, 0) is 41.4 Å². The number of carbonyl (C=O) groups is 1. The molecule has 1 N–H and O–H groups in total. The summed E-state index contributed by atoms with van der Waals surface area (Å²) >= 11 is 9.09. The number of rotatable bonds is 4. The Bertz CT molecular complexity index is 363. The zero-order chi connectivity index (χ0) is 12.2. The van der Waals surface area contributed by atoms with Gasteiger partial charge in [-0.3, -0.25) is 4.79 Å². The molecule has 0 fully saturated rings. The average molecular weight is 306 g/mol. The fraction of sp³-hybridized carbons (Fsp3) is 0.455. The Morgan fingerprint density at radius 1 is 1.62 bits per heavy atom. The average Bonchev–Trinajstić information content (AvgIpc) is 2.29. The molecule has 3 nitrogen and oxygen atoms in total. The zero-order valence-corrected chi connectivity index (χ0v) is 11.6. The smallest absolute Gasteiger partial charge is 0.270 e. The molecule has 16 heavy (non-hydrogen) atoms. The summed E-state index contributed by atoms with van der Waals surface area (Å²) in [6.07, 6.45) is 2.37. The zero-order valence-electron chi connectivity index (χ0n) is 9.26. The van der Waals surface area contributed by atoms with E-state index in [0.717, 1.165) is 10.9 Å². The molecule has 1 rings (SSSR count). The van der Waals surface area contributed by atoms with E-state index < -0.39 is 0 Å². The predicted molar refractivity (Wildman–Crippen MR) is 68.8 cm³/mol. The van der Waals surface area contributed by atoms with E-state index in [1.54, 1.807) is 18.3 Å². The van der Waals surface area contributed by atoms with Gasteiger partial charge in [-0.25, -0.2) is 4.98 Å². The lowest BCUT2D eigenvalue weighted by molar-refractivity contribution is 0.0907. The highest BCUT2D eigenvalue weighted by molar-refractivity contribution is 9.10. The second-order valence-electron chi connectivity index (χ2n) is 3.86. The van der Waals surface area contributed by atoms with E-state index in [1.807, 2.05) is 13.8 Å². The summed E-state index contributed by atoms with van der Waals surface area (Å²) in [5, 5.41) is 2.88. The Hall–Kier alpha value is -0.610. The van der Waals surface area contributed by atoms with Crippen LogP contribution in [0.25, 0.3) is 0 Å². The summed E-state index contributed by atoms with van der Waals surface area (Å²) in [6, 6.07) is 3.45. The van der Waals surface area contributed by atoms with Gasteiger partial charge >= 0.3 is 0 Å². The standard InChI is InChI=1S/C11H14BrClN2O/c1-3-11(2,7-13)15-10(16)9-5-4-8(12)6-14-9/h4-6H,3,7H2,1-2H3,(H,15,16). The third-order valence-electron chi connectivity index (χ3n) is 2.45. The van der Waals surface area contributed by atoms with Crippen LogP contribution in [0.3, 0.4) is 0 Å². The second-order valence-corrected chi connectivity index (χ2v) is 5.05. The van der Waals surface area contributed by atoms with Gasteiger partial charge in [0.2, 0.25) is 0 Å².